The summed E-state index contributed by atoms with van der Waals surface area (Å²) in [5.41, 5.74) is 3.87. The fourth-order valence-corrected chi connectivity index (χ4v) is 1.08. The second-order valence-corrected chi connectivity index (χ2v) is 3.10. The highest BCUT2D eigenvalue weighted by atomic mass is 16.5. The molecule has 0 aliphatic carbocycles. The third-order valence-corrected chi connectivity index (χ3v) is 1.85. The van der Waals surface area contributed by atoms with Gasteiger partial charge in [0, 0.05) is 0 Å². The molecule has 1 aromatic rings. The third-order valence-electron chi connectivity index (χ3n) is 1.85. The summed E-state index contributed by atoms with van der Waals surface area (Å²) in [5, 5.41) is 15.8. The molecule has 0 fully saturated rings. The number of rotatable bonds is 6. The molecule has 0 radical (unpaired) electrons. The van der Waals surface area contributed by atoms with E-state index in [1.807, 2.05) is 0 Å². The average Bonchev–Trinajstić information content (AvgIpc) is 2.36. The van der Waals surface area contributed by atoms with E-state index in [-0.39, 0.29) is 19.1 Å². The van der Waals surface area contributed by atoms with Gasteiger partial charge in [-0.3, -0.25) is 5.43 Å². The predicted octanol–water partition coefficient (Wildman–Crippen LogP) is 1.63. The Labute approximate surface area is 99.3 Å². The van der Waals surface area contributed by atoms with Crippen molar-refractivity contribution in [2.45, 2.75) is 6.92 Å². The molecule has 0 heterocycles. The number of aliphatic hydroxyl groups is 1. The van der Waals surface area contributed by atoms with Crippen molar-refractivity contribution < 1.29 is 14.6 Å². The number of benzene rings is 1. The largest absolute Gasteiger partial charge is 0.462 e. The van der Waals surface area contributed by atoms with Gasteiger partial charge in [-0.2, -0.15) is 5.11 Å². The molecule has 6 heteroatoms. The zero-order chi connectivity index (χ0) is 12.5. The van der Waals surface area contributed by atoms with Crippen molar-refractivity contribution >= 4 is 11.7 Å². The summed E-state index contributed by atoms with van der Waals surface area (Å²) in [6.45, 7) is 2.34. The van der Waals surface area contributed by atoms with Gasteiger partial charge in [-0.25, -0.2) is 4.79 Å². The minimum atomic E-state index is -0.346. The van der Waals surface area contributed by atoms with Crippen LogP contribution in [0.1, 0.15) is 17.3 Å². The molecule has 0 unspecified atom stereocenters. The maximum Gasteiger partial charge on any atom is 0.338 e. The van der Waals surface area contributed by atoms with Crippen LogP contribution in [0.3, 0.4) is 0 Å². The zero-order valence-electron chi connectivity index (χ0n) is 9.59. The van der Waals surface area contributed by atoms with Gasteiger partial charge in [-0.05, 0) is 31.2 Å². The van der Waals surface area contributed by atoms with Gasteiger partial charge in [-0.1, -0.05) is 5.22 Å². The maximum atomic E-state index is 11.3. The summed E-state index contributed by atoms with van der Waals surface area (Å²) in [7, 11) is 0. The van der Waals surface area contributed by atoms with Gasteiger partial charge in [0.1, 0.15) is 0 Å². The molecule has 1 aromatic carbocycles. The number of hydrogen-bond acceptors (Lipinski definition) is 5. The summed E-state index contributed by atoms with van der Waals surface area (Å²) in [6, 6.07) is 6.68. The molecule has 92 valence electrons. The fourth-order valence-electron chi connectivity index (χ4n) is 1.08. The van der Waals surface area contributed by atoms with E-state index >= 15 is 0 Å². The summed E-state index contributed by atoms with van der Waals surface area (Å²) in [5.74, 6) is -0.346. The van der Waals surface area contributed by atoms with E-state index in [1.165, 1.54) is 0 Å². The number of anilines is 1. The van der Waals surface area contributed by atoms with Crippen molar-refractivity contribution in [1.29, 1.82) is 0 Å². The summed E-state index contributed by atoms with van der Waals surface area (Å²) >= 11 is 0. The van der Waals surface area contributed by atoms with E-state index in [0.717, 1.165) is 0 Å². The minimum absolute atomic E-state index is 0.0347. The molecule has 17 heavy (non-hydrogen) atoms. The van der Waals surface area contributed by atoms with E-state index in [0.29, 0.717) is 17.9 Å². The van der Waals surface area contributed by atoms with Crippen LogP contribution < -0.4 is 5.43 Å². The SMILES string of the molecule is CCOC(=O)c1ccc(NN=NCCO)cc1. The number of carbonyl (C=O) groups is 1. The Hall–Kier alpha value is -1.95. The van der Waals surface area contributed by atoms with Crippen molar-refractivity contribution in [2.75, 3.05) is 25.2 Å². The average molecular weight is 237 g/mol. The third kappa shape index (κ3) is 4.60. The molecule has 0 bridgehead atoms. The molecule has 0 aliphatic heterocycles. The molecule has 0 aromatic heterocycles. The molecule has 0 saturated heterocycles. The van der Waals surface area contributed by atoms with Crippen molar-refractivity contribution in [3.63, 3.8) is 0 Å². The van der Waals surface area contributed by atoms with Crippen LogP contribution in [0.4, 0.5) is 5.69 Å². The van der Waals surface area contributed by atoms with Crippen LogP contribution in [0.25, 0.3) is 0 Å². The van der Waals surface area contributed by atoms with Gasteiger partial charge in [0.25, 0.3) is 0 Å². The Kier molecular flexibility index (Phi) is 5.67. The molecule has 0 spiro atoms. The van der Waals surface area contributed by atoms with E-state index in [2.05, 4.69) is 15.8 Å². The van der Waals surface area contributed by atoms with Crippen LogP contribution in [-0.4, -0.2) is 30.8 Å². The second-order valence-electron chi connectivity index (χ2n) is 3.10. The number of carbonyl (C=O) groups excluding carboxylic acids is 1. The summed E-state index contributed by atoms with van der Waals surface area (Å²) in [6.07, 6.45) is 0. The second kappa shape index (κ2) is 7.34. The first-order chi connectivity index (χ1) is 8.27. The quantitative estimate of drug-likeness (QED) is 0.447. The van der Waals surface area contributed by atoms with Crippen molar-refractivity contribution in [1.82, 2.24) is 0 Å². The van der Waals surface area contributed by atoms with Crippen LogP contribution in [0.2, 0.25) is 0 Å². The van der Waals surface area contributed by atoms with E-state index in [4.69, 9.17) is 9.84 Å². The highest BCUT2D eigenvalue weighted by Gasteiger charge is 2.04. The lowest BCUT2D eigenvalue weighted by atomic mass is 10.2. The molecule has 2 N–H and O–H groups in total. The first-order valence-corrected chi connectivity index (χ1v) is 5.28. The number of ether oxygens (including phenoxy) is 1. The first kappa shape index (κ1) is 13.1. The molecule has 6 nitrogen and oxygen atoms in total. The van der Waals surface area contributed by atoms with Crippen molar-refractivity contribution in [2.24, 2.45) is 10.3 Å². The van der Waals surface area contributed by atoms with Crippen LogP contribution >= 0.6 is 0 Å². The maximum absolute atomic E-state index is 11.3. The van der Waals surface area contributed by atoms with E-state index in [9.17, 15) is 4.79 Å². The molecule has 0 saturated carbocycles. The monoisotopic (exact) mass is 237 g/mol. The molecule has 0 aliphatic rings. The lowest BCUT2D eigenvalue weighted by Crippen LogP contribution is -2.04. The summed E-state index contributed by atoms with van der Waals surface area (Å²) < 4.78 is 4.85. The lowest BCUT2D eigenvalue weighted by molar-refractivity contribution is 0.0526. The minimum Gasteiger partial charge on any atom is -0.462 e. The van der Waals surface area contributed by atoms with Crippen LogP contribution in [0, 0.1) is 0 Å². The van der Waals surface area contributed by atoms with Crippen LogP contribution in [0.5, 0.6) is 0 Å². The molecule has 1 rings (SSSR count). The van der Waals surface area contributed by atoms with Crippen molar-refractivity contribution in [3.8, 4) is 0 Å². The fraction of sp³-hybridized carbons (Fsp3) is 0.364. The van der Waals surface area contributed by atoms with Gasteiger partial charge in [-0.15, -0.1) is 0 Å². The van der Waals surface area contributed by atoms with Gasteiger partial charge >= 0.3 is 5.97 Å². The zero-order valence-corrected chi connectivity index (χ0v) is 9.59. The van der Waals surface area contributed by atoms with E-state index in [1.54, 1.807) is 31.2 Å². The Morgan fingerprint density at radius 2 is 2.12 bits per heavy atom. The highest BCUT2D eigenvalue weighted by molar-refractivity contribution is 5.89. The van der Waals surface area contributed by atoms with Crippen LogP contribution in [-0.2, 0) is 4.74 Å². The Morgan fingerprint density at radius 1 is 1.41 bits per heavy atom. The smallest absolute Gasteiger partial charge is 0.338 e. The normalized spacial score (nSPS) is 10.5. The van der Waals surface area contributed by atoms with Gasteiger partial charge in [0.05, 0.1) is 31.0 Å². The van der Waals surface area contributed by atoms with Crippen LogP contribution in [0.15, 0.2) is 34.6 Å². The Bertz CT molecular complexity index is 376. The number of aliphatic hydroxyl groups excluding tert-OH is 1. The summed E-state index contributed by atoms with van der Waals surface area (Å²) in [4.78, 5) is 11.3. The predicted molar refractivity (Wildman–Crippen MR) is 62.8 cm³/mol. The topological polar surface area (TPSA) is 83.3 Å². The number of esters is 1. The number of hydrogen-bond donors (Lipinski definition) is 2. The molecular weight excluding hydrogens is 222 g/mol. The molecule has 0 amide bonds. The number of nitrogens with one attached hydrogen (secondary N) is 1. The lowest BCUT2D eigenvalue weighted by Gasteiger charge is -2.02. The van der Waals surface area contributed by atoms with Gasteiger partial charge < -0.3 is 9.84 Å². The Morgan fingerprint density at radius 3 is 2.71 bits per heavy atom. The first-order valence-electron chi connectivity index (χ1n) is 5.28. The van der Waals surface area contributed by atoms with Gasteiger partial charge in [0.2, 0.25) is 0 Å². The Balaban J connectivity index is 2.53. The standard InChI is InChI=1S/C11H15N3O3/c1-2-17-11(16)9-3-5-10(6-4-9)13-14-12-7-8-15/h3-6,15H,2,7-8H2,1H3,(H,12,13). The van der Waals surface area contributed by atoms with E-state index < -0.39 is 0 Å². The molecule has 0 atom stereocenters. The number of nitrogens with zero attached hydrogens (tertiary/aromatic N) is 2. The van der Waals surface area contributed by atoms with Crippen molar-refractivity contribution in [3.05, 3.63) is 29.8 Å². The highest BCUT2D eigenvalue weighted by Crippen LogP contribution is 2.10. The van der Waals surface area contributed by atoms with Gasteiger partial charge in [0.15, 0.2) is 0 Å². The molecular formula is C11H15N3O3.